The van der Waals surface area contributed by atoms with Crippen LogP contribution in [0, 0.1) is 5.92 Å². The van der Waals surface area contributed by atoms with Crippen molar-refractivity contribution in [3.8, 4) is 23.0 Å². The molecule has 0 saturated carbocycles. The Morgan fingerprint density at radius 1 is 0.867 bits per heavy atom. The van der Waals surface area contributed by atoms with Crippen LogP contribution in [0.15, 0.2) is 36.4 Å². The Morgan fingerprint density at radius 3 is 2.10 bits per heavy atom. The van der Waals surface area contributed by atoms with Crippen LogP contribution in [0.1, 0.15) is 35.7 Å². The molecule has 0 bridgehead atoms. The highest BCUT2D eigenvalue weighted by Crippen LogP contribution is 2.29. The van der Waals surface area contributed by atoms with Crippen LogP contribution in [0.3, 0.4) is 0 Å². The Balaban J connectivity index is 1.73. The Bertz CT molecular complexity index is 821. The minimum Gasteiger partial charge on any atom is -0.493 e. The third-order valence-electron chi connectivity index (χ3n) is 4.99. The zero-order valence-corrected chi connectivity index (χ0v) is 18.6. The van der Waals surface area contributed by atoms with Gasteiger partial charge < -0.3 is 24.3 Å². The molecule has 6 heteroatoms. The molecule has 0 aliphatic carbocycles. The van der Waals surface area contributed by atoms with Crippen molar-refractivity contribution in [3.63, 3.8) is 0 Å². The average Bonchev–Trinajstić information content (AvgIpc) is 2.77. The van der Waals surface area contributed by atoms with Crippen LogP contribution >= 0.6 is 0 Å². The van der Waals surface area contributed by atoms with E-state index in [-0.39, 0.29) is 5.78 Å². The number of carbonyl (C=O) groups is 1. The van der Waals surface area contributed by atoms with Crippen molar-refractivity contribution in [2.75, 3.05) is 41.5 Å². The van der Waals surface area contributed by atoms with E-state index in [0.29, 0.717) is 29.4 Å². The highest BCUT2D eigenvalue weighted by Gasteiger charge is 2.11. The van der Waals surface area contributed by atoms with E-state index in [1.54, 1.807) is 46.6 Å². The second kappa shape index (κ2) is 12.1. The fourth-order valence-corrected chi connectivity index (χ4v) is 3.36. The van der Waals surface area contributed by atoms with Gasteiger partial charge in [-0.3, -0.25) is 4.79 Å². The van der Waals surface area contributed by atoms with Gasteiger partial charge in [-0.15, -0.1) is 0 Å². The minimum absolute atomic E-state index is 0.108. The summed E-state index contributed by atoms with van der Waals surface area (Å²) in [4.78, 5) is 12.4. The van der Waals surface area contributed by atoms with Gasteiger partial charge in [0.15, 0.2) is 28.8 Å². The first-order valence-electron chi connectivity index (χ1n) is 10.2. The van der Waals surface area contributed by atoms with Crippen molar-refractivity contribution < 1.29 is 23.7 Å². The van der Waals surface area contributed by atoms with Gasteiger partial charge in [-0.2, -0.15) is 0 Å². The average molecular weight is 416 g/mol. The Hall–Kier alpha value is -2.73. The lowest BCUT2D eigenvalue weighted by Crippen LogP contribution is -2.24. The van der Waals surface area contributed by atoms with Crippen LogP contribution < -0.4 is 24.3 Å². The molecule has 0 radical (unpaired) electrons. The molecule has 0 heterocycles. The van der Waals surface area contributed by atoms with Crippen LogP contribution in [0.2, 0.25) is 0 Å². The van der Waals surface area contributed by atoms with Crippen molar-refractivity contribution in [3.05, 3.63) is 47.5 Å². The van der Waals surface area contributed by atoms with Crippen molar-refractivity contribution in [2.45, 2.75) is 26.2 Å². The lowest BCUT2D eigenvalue weighted by atomic mass is 10.0. The second-order valence-electron chi connectivity index (χ2n) is 7.30. The molecule has 1 atom stereocenters. The van der Waals surface area contributed by atoms with Gasteiger partial charge in [-0.05, 0) is 67.7 Å². The summed E-state index contributed by atoms with van der Waals surface area (Å²) in [6.07, 6.45) is 2.22. The van der Waals surface area contributed by atoms with E-state index in [4.69, 9.17) is 18.9 Å². The van der Waals surface area contributed by atoms with E-state index >= 15 is 0 Å². The SMILES string of the molecule is COc1ccc(CC(C)CNCCCC(=O)c2ccc(OC)c(OC)c2)cc1OC. The smallest absolute Gasteiger partial charge is 0.163 e. The van der Waals surface area contributed by atoms with Crippen LogP contribution in [-0.4, -0.2) is 47.3 Å². The summed E-state index contributed by atoms with van der Waals surface area (Å²) in [5, 5.41) is 3.45. The number of benzene rings is 2. The maximum Gasteiger partial charge on any atom is 0.163 e. The van der Waals surface area contributed by atoms with Gasteiger partial charge in [0.2, 0.25) is 0 Å². The van der Waals surface area contributed by atoms with Crippen LogP contribution in [0.5, 0.6) is 23.0 Å². The first-order valence-corrected chi connectivity index (χ1v) is 10.2. The van der Waals surface area contributed by atoms with E-state index < -0.39 is 0 Å². The normalized spacial score (nSPS) is 11.6. The van der Waals surface area contributed by atoms with Gasteiger partial charge in [0.1, 0.15) is 0 Å². The number of hydrogen-bond donors (Lipinski definition) is 1. The van der Waals surface area contributed by atoms with Crippen LogP contribution in [0.25, 0.3) is 0 Å². The number of ketones is 1. The molecular formula is C24H33NO5. The maximum atomic E-state index is 12.4. The second-order valence-corrected chi connectivity index (χ2v) is 7.30. The summed E-state index contributed by atoms with van der Waals surface area (Å²) in [6.45, 7) is 3.90. The van der Waals surface area contributed by atoms with E-state index in [1.807, 2.05) is 12.1 Å². The monoisotopic (exact) mass is 415 g/mol. The van der Waals surface area contributed by atoms with E-state index in [1.165, 1.54) is 5.56 Å². The predicted octanol–water partition coefficient (Wildman–Crippen LogP) is 4.15. The van der Waals surface area contributed by atoms with Gasteiger partial charge in [0.05, 0.1) is 28.4 Å². The summed E-state index contributed by atoms with van der Waals surface area (Å²) in [6, 6.07) is 11.3. The van der Waals surface area contributed by atoms with Gasteiger partial charge >= 0.3 is 0 Å². The quantitative estimate of drug-likeness (QED) is 0.392. The number of Topliss-reactive ketones (excluding diaryl/α,β-unsaturated/α-hetero) is 1. The Kier molecular flexibility index (Phi) is 9.48. The molecule has 0 fully saturated rings. The highest BCUT2D eigenvalue weighted by atomic mass is 16.5. The van der Waals surface area contributed by atoms with Gasteiger partial charge in [0, 0.05) is 12.0 Å². The zero-order chi connectivity index (χ0) is 21.9. The van der Waals surface area contributed by atoms with Crippen molar-refractivity contribution in [2.24, 2.45) is 5.92 Å². The summed E-state index contributed by atoms with van der Waals surface area (Å²) in [5.74, 6) is 3.26. The molecule has 164 valence electrons. The minimum atomic E-state index is 0.108. The molecule has 0 aromatic heterocycles. The molecule has 2 aromatic rings. The number of hydrogen-bond acceptors (Lipinski definition) is 6. The lowest BCUT2D eigenvalue weighted by molar-refractivity contribution is 0.0979. The fraction of sp³-hybridized carbons (Fsp3) is 0.458. The van der Waals surface area contributed by atoms with E-state index in [0.717, 1.165) is 37.4 Å². The molecule has 2 aromatic carbocycles. The summed E-state index contributed by atoms with van der Waals surface area (Å²) >= 11 is 0. The first-order chi connectivity index (χ1) is 14.5. The third-order valence-corrected chi connectivity index (χ3v) is 4.99. The number of rotatable bonds is 13. The predicted molar refractivity (Wildman–Crippen MR) is 118 cm³/mol. The first kappa shape index (κ1) is 23.5. The maximum absolute atomic E-state index is 12.4. The van der Waals surface area contributed by atoms with Gasteiger partial charge in [-0.1, -0.05) is 13.0 Å². The summed E-state index contributed by atoms with van der Waals surface area (Å²) < 4.78 is 21.1. The highest BCUT2D eigenvalue weighted by molar-refractivity contribution is 5.96. The Morgan fingerprint density at radius 2 is 1.47 bits per heavy atom. The molecule has 1 unspecified atom stereocenters. The van der Waals surface area contributed by atoms with Crippen molar-refractivity contribution in [1.82, 2.24) is 5.32 Å². The number of nitrogens with one attached hydrogen (secondary N) is 1. The van der Waals surface area contributed by atoms with Gasteiger partial charge in [0.25, 0.3) is 0 Å². The standard InChI is InChI=1S/C24H33NO5/c1-17(13-18-8-10-21(27-2)23(14-18)29-4)16-25-12-6-7-20(26)19-9-11-22(28-3)24(15-19)30-5/h8-11,14-15,17,25H,6-7,12-13,16H2,1-5H3. The molecule has 0 saturated heterocycles. The molecule has 6 nitrogen and oxygen atoms in total. The molecule has 0 spiro atoms. The number of methoxy groups -OCH3 is 4. The fourth-order valence-electron chi connectivity index (χ4n) is 3.36. The van der Waals surface area contributed by atoms with E-state index in [2.05, 4.69) is 18.3 Å². The number of carbonyl (C=O) groups excluding carboxylic acids is 1. The molecule has 30 heavy (non-hydrogen) atoms. The van der Waals surface area contributed by atoms with Crippen LogP contribution in [-0.2, 0) is 6.42 Å². The van der Waals surface area contributed by atoms with Crippen LogP contribution in [0.4, 0.5) is 0 Å². The summed E-state index contributed by atoms with van der Waals surface area (Å²) in [7, 11) is 6.44. The molecular weight excluding hydrogens is 382 g/mol. The topological polar surface area (TPSA) is 66.0 Å². The van der Waals surface area contributed by atoms with Crippen molar-refractivity contribution >= 4 is 5.78 Å². The molecule has 0 aliphatic heterocycles. The molecule has 2 rings (SSSR count). The summed E-state index contributed by atoms with van der Waals surface area (Å²) in [5.41, 5.74) is 1.86. The number of ether oxygens (including phenoxy) is 4. The van der Waals surface area contributed by atoms with Crippen molar-refractivity contribution in [1.29, 1.82) is 0 Å². The molecule has 0 aliphatic rings. The lowest BCUT2D eigenvalue weighted by Gasteiger charge is -2.14. The molecule has 0 amide bonds. The zero-order valence-electron chi connectivity index (χ0n) is 18.6. The molecule has 1 N–H and O–H groups in total. The van der Waals surface area contributed by atoms with E-state index in [9.17, 15) is 4.79 Å². The third kappa shape index (κ3) is 6.66. The van der Waals surface area contributed by atoms with Gasteiger partial charge in [-0.25, -0.2) is 0 Å². The Labute approximate surface area is 179 Å². The largest absolute Gasteiger partial charge is 0.493 e.